The SMILES string of the molecule is C=CCNC(=O)c1cccc(C(=O)NC2CCCC2)n1. The summed E-state index contributed by atoms with van der Waals surface area (Å²) in [5.41, 5.74) is 0.522. The topological polar surface area (TPSA) is 71.1 Å². The van der Waals surface area contributed by atoms with Gasteiger partial charge in [-0.2, -0.15) is 0 Å². The zero-order valence-electron chi connectivity index (χ0n) is 11.4. The number of nitrogens with zero attached hydrogens (tertiary/aromatic N) is 1. The summed E-state index contributed by atoms with van der Waals surface area (Å²) in [6.07, 6.45) is 5.94. The van der Waals surface area contributed by atoms with E-state index >= 15 is 0 Å². The Morgan fingerprint density at radius 2 is 1.90 bits per heavy atom. The van der Waals surface area contributed by atoms with Crippen molar-refractivity contribution in [1.82, 2.24) is 15.6 Å². The van der Waals surface area contributed by atoms with E-state index in [1.165, 1.54) is 0 Å². The summed E-state index contributed by atoms with van der Waals surface area (Å²) < 4.78 is 0. The second kappa shape index (κ2) is 6.84. The van der Waals surface area contributed by atoms with E-state index in [-0.39, 0.29) is 29.2 Å². The van der Waals surface area contributed by atoms with Crippen LogP contribution in [0.25, 0.3) is 0 Å². The van der Waals surface area contributed by atoms with Crippen molar-refractivity contribution in [1.29, 1.82) is 0 Å². The predicted octanol–water partition coefficient (Wildman–Crippen LogP) is 1.67. The van der Waals surface area contributed by atoms with Gasteiger partial charge in [0, 0.05) is 12.6 Å². The molecular weight excluding hydrogens is 254 g/mol. The molecule has 0 bridgehead atoms. The normalized spacial score (nSPS) is 14.8. The van der Waals surface area contributed by atoms with E-state index in [1.807, 2.05) is 0 Å². The van der Waals surface area contributed by atoms with Crippen molar-refractivity contribution in [2.75, 3.05) is 6.54 Å². The van der Waals surface area contributed by atoms with E-state index < -0.39 is 0 Å². The largest absolute Gasteiger partial charge is 0.348 e. The monoisotopic (exact) mass is 273 g/mol. The molecule has 20 heavy (non-hydrogen) atoms. The molecule has 1 aliphatic carbocycles. The first-order valence-corrected chi connectivity index (χ1v) is 6.87. The van der Waals surface area contributed by atoms with Crippen LogP contribution in [0, 0.1) is 0 Å². The van der Waals surface area contributed by atoms with Gasteiger partial charge in [-0.3, -0.25) is 9.59 Å². The summed E-state index contributed by atoms with van der Waals surface area (Å²) in [6, 6.07) is 5.11. The number of carbonyl (C=O) groups is 2. The fourth-order valence-corrected chi connectivity index (χ4v) is 2.27. The molecule has 2 N–H and O–H groups in total. The highest BCUT2D eigenvalue weighted by molar-refractivity contribution is 5.96. The number of pyridine rings is 1. The van der Waals surface area contributed by atoms with Crippen molar-refractivity contribution in [2.24, 2.45) is 0 Å². The maximum absolute atomic E-state index is 12.1. The van der Waals surface area contributed by atoms with Gasteiger partial charge in [0.1, 0.15) is 11.4 Å². The Bertz CT molecular complexity index is 508. The molecule has 0 saturated heterocycles. The second-order valence-electron chi connectivity index (χ2n) is 4.86. The number of hydrogen-bond acceptors (Lipinski definition) is 3. The molecule has 0 radical (unpaired) electrons. The fourth-order valence-electron chi connectivity index (χ4n) is 2.27. The third-order valence-corrected chi connectivity index (χ3v) is 3.31. The standard InChI is InChI=1S/C15H19N3O2/c1-2-10-16-14(19)12-8-5-9-13(18-12)15(20)17-11-6-3-4-7-11/h2,5,8-9,11H,1,3-4,6-7,10H2,(H,16,19)(H,17,20). The number of amides is 2. The Kier molecular flexibility index (Phi) is 4.87. The molecule has 0 aromatic carbocycles. The molecule has 2 rings (SSSR count). The zero-order chi connectivity index (χ0) is 14.4. The maximum atomic E-state index is 12.1. The summed E-state index contributed by atoms with van der Waals surface area (Å²) in [5.74, 6) is -0.518. The summed E-state index contributed by atoms with van der Waals surface area (Å²) in [7, 11) is 0. The Labute approximate surface area is 118 Å². The van der Waals surface area contributed by atoms with Gasteiger partial charge in [-0.1, -0.05) is 25.0 Å². The number of rotatable bonds is 5. The van der Waals surface area contributed by atoms with Gasteiger partial charge in [0.25, 0.3) is 11.8 Å². The molecule has 0 unspecified atom stereocenters. The molecule has 0 aliphatic heterocycles. The van der Waals surface area contributed by atoms with Gasteiger partial charge in [0.15, 0.2) is 0 Å². The molecule has 2 amide bonds. The van der Waals surface area contributed by atoms with E-state index in [2.05, 4.69) is 22.2 Å². The van der Waals surface area contributed by atoms with Crippen molar-refractivity contribution in [3.8, 4) is 0 Å². The van der Waals surface area contributed by atoms with Crippen molar-refractivity contribution < 1.29 is 9.59 Å². The van der Waals surface area contributed by atoms with Crippen LogP contribution >= 0.6 is 0 Å². The molecular formula is C15H19N3O2. The first-order chi connectivity index (χ1) is 9.70. The van der Waals surface area contributed by atoms with Crippen LogP contribution in [0.5, 0.6) is 0 Å². The molecule has 1 aromatic heterocycles. The fraction of sp³-hybridized carbons (Fsp3) is 0.400. The maximum Gasteiger partial charge on any atom is 0.270 e. The minimum atomic E-state index is -0.305. The third kappa shape index (κ3) is 3.66. The van der Waals surface area contributed by atoms with Crippen LogP contribution in [0.1, 0.15) is 46.7 Å². The van der Waals surface area contributed by atoms with Crippen LogP contribution in [0.3, 0.4) is 0 Å². The summed E-state index contributed by atoms with van der Waals surface area (Å²) in [6.45, 7) is 3.90. The number of nitrogens with one attached hydrogen (secondary N) is 2. The highest BCUT2D eigenvalue weighted by Crippen LogP contribution is 2.17. The number of aromatic nitrogens is 1. The summed E-state index contributed by atoms with van der Waals surface area (Å²) in [5, 5.41) is 5.59. The van der Waals surface area contributed by atoms with E-state index in [1.54, 1.807) is 24.3 Å². The van der Waals surface area contributed by atoms with Crippen molar-refractivity contribution in [2.45, 2.75) is 31.7 Å². The van der Waals surface area contributed by atoms with E-state index in [4.69, 9.17) is 0 Å². The van der Waals surface area contributed by atoms with E-state index in [0.717, 1.165) is 25.7 Å². The van der Waals surface area contributed by atoms with Crippen LogP contribution in [-0.4, -0.2) is 29.4 Å². The molecule has 1 fully saturated rings. The lowest BCUT2D eigenvalue weighted by atomic mass is 10.2. The Balaban J connectivity index is 2.02. The summed E-state index contributed by atoms with van der Waals surface area (Å²) >= 11 is 0. The van der Waals surface area contributed by atoms with Gasteiger partial charge >= 0.3 is 0 Å². The van der Waals surface area contributed by atoms with Crippen LogP contribution < -0.4 is 10.6 Å². The molecule has 106 valence electrons. The third-order valence-electron chi connectivity index (χ3n) is 3.31. The lowest BCUT2D eigenvalue weighted by molar-refractivity contribution is 0.0932. The quantitative estimate of drug-likeness (QED) is 0.802. The molecule has 0 atom stereocenters. The zero-order valence-corrected chi connectivity index (χ0v) is 11.4. The number of hydrogen-bond donors (Lipinski definition) is 2. The molecule has 1 heterocycles. The lowest BCUT2D eigenvalue weighted by Gasteiger charge is -2.11. The lowest BCUT2D eigenvalue weighted by Crippen LogP contribution is -2.33. The minimum Gasteiger partial charge on any atom is -0.348 e. The minimum absolute atomic E-state index is 0.213. The van der Waals surface area contributed by atoms with Gasteiger partial charge in [0.2, 0.25) is 0 Å². The van der Waals surface area contributed by atoms with Crippen LogP contribution in [-0.2, 0) is 0 Å². The average molecular weight is 273 g/mol. The smallest absolute Gasteiger partial charge is 0.270 e. The molecule has 5 nitrogen and oxygen atoms in total. The molecule has 1 aliphatic rings. The molecule has 0 spiro atoms. The van der Waals surface area contributed by atoms with Gasteiger partial charge in [-0.05, 0) is 25.0 Å². The highest BCUT2D eigenvalue weighted by Gasteiger charge is 2.19. The molecule has 1 aromatic rings. The molecule has 5 heteroatoms. The van der Waals surface area contributed by atoms with Gasteiger partial charge in [-0.25, -0.2) is 4.98 Å². The van der Waals surface area contributed by atoms with Crippen LogP contribution in [0.4, 0.5) is 0 Å². The summed E-state index contributed by atoms with van der Waals surface area (Å²) in [4.78, 5) is 27.9. The Morgan fingerprint density at radius 3 is 2.55 bits per heavy atom. The van der Waals surface area contributed by atoms with Crippen LogP contribution in [0.15, 0.2) is 30.9 Å². The van der Waals surface area contributed by atoms with E-state index in [0.29, 0.717) is 6.54 Å². The second-order valence-corrected chi connectivity index (χ2v) is 4.86. The van der Waals surface area contributed by atoms with E-state index in [9.17, 15) is 9.59 Å². The van der Waals surface area contributed by atoms with Crippen LogP contribution in [0.2, 0.25) is 0 Å². The molecule has 1 saturated carbocycles. The Morgan fingerprint density at radius 1 is 1.25 bits per heavy atom. The first kappa shape index (κ1) is 14.2. The Hall–Kier alpha value is -2.17. The first-order valence-electron chi connectivity index (χ1n) is 6.87. The number of carbonyl (C=O) groups excluding carboxylic acids is 2. The van der Waals surface area contributed by atoms with Crippen molar-refractivity contribution in [3.63, 3.8) is 0 Å². The van der Waals surface area contributed by atoms with Gasteiger partial charge in [0.05, 0.1) is 0 Å². The predicted molar refractivity (Wildman–Crippen MR) is 76.5 cm³/mol. The van der Waals surface area contributed by atoms with Gasteiger partial charge in [-0.15, -0.1) is 6.58 Å². The average Bonchev–Trinajstić information content (AvgIpc) is 2.97. The van der Waals surface area contributed by atoms with Crippen molar-refractivity contribution >= 4 is 11.8 Å². The van der Waals surface area contributed by atoms with Crippen molar-refractivity contribution in [3.05, 3.63) is 42.2 Å². The highest BCUT2D eigenvalue weighted by atomic mass is 16.2. The van der Waals surface area contributed by atoms with Gasteiger partial charge < -0.3 is 10.6 Å².